The quantitative estimate of drug-likeness (QED) is 0.484. The summed E-state index contributed by atoms with van der Waals surface area (Å²) in [7, 11) is -3.84. The first-order valence-electron chi connectivity index (χ1n) is 12.4. The topological polar surface area (TPSA) is 105 Å². The van der Waals surface area contributed by atoms with Crippen LogP contribution in [0.25, 0.3) is 0 Å². The number of nitrogens with zero attached hydrogens (tertiary/aromatic N) is 2. The lowest BCUT2D eigenvalue weighted by atomic mass is 10.1. The molecule has 4 rings (SSSR count). The molecule has 1 aliphatic carbocycles. The van der Waals surface area contributed by atoms with E-state index < -0.39 is 28.5 Å². The summed E-state index contributed by atoms with van der Waals surface area (Å²) in [5.41, 5.74) is 1.05. The van der Waals surface area contributed by atoms with Gasteiger partial charge in [0.2, 0.25) is 28.6 Å². The Hall–Kier alpha value is -2.98. The Balaban J connectivity index is 1.62. The molecule has 0 bridgehead atoms. The van der Waals surface area contributed by atoms with Gasteiger partial charge >= 0.3 is 0 Å². The van der Waals surface area contributed by atoms with Crippen LogP contribution in [-0.4, -0.2) is 56.8 Å². The van der Waals surface area contributed by atoms with Gasteiger partial charge in [-0.15, -0.1) is 0 Å². The molecule has 1 saturated carbocycles. The van der Waals surface area contributed by atoms with E-state index in [4.69, 9.17) is 21.1 Å². The van der Waals surface area contributed by atoms with Gasteiger partial charge in [-0.1, -0.05) is 43.5 Å². The average molecular weight is 550 g/mol. The minimum Gasteiger partial charge on any atom is -0.454 e. The van der Waals surface area contributed by atoms with Gasteiger partial charge in [-0.2, -0.15) is 0 Å². The molecule has 9 nitrogen and oxygen atoms in total. The van der Waals surface area contributed by atoms with Gasteiger partial charge in [0.15, 0.2) is 11.5 Å². The molecule has 2 aliphatic rings. The highest BCUT2D eigenvalue weighted by Gasteiger charge is 2.33. The zero-order valence-electron chi connectivity index (χ0n) is 21.0. The Bertz CT molecular complexity index is 1230. The number of amides is 2. The molecule has 2 amide bonds. The van der Waals surface area contributed by atoms with Gasteiger partial charge in [0.05, 0.1) is 11.9 Å². The molecule has 11 heteroatoms. The Morgan fingerprint density at radius 2 is 1.76 bits per heavy atom. The van der Waals surface area contributed by atoms with Crippen molar-refractivity contribution in [2.45, 2.75) is 57.7 Å². The number of hydrogen-bond donors (Lipinski definition) is 1. The van der Waals surface area contributed by atoms with Crippen LogP contribution < -0.4 is 19.1 Å². The number of ether oxygens (including phenoxy) is 2. The highest BCUT2D eigenvalue weighted by Crippen LogP contribution is 2.36. The summed E-state index contributed by atoms with van der Waals surface area (Å²) in [6, 6.07) is 11.0. The third-order valence-corrected chi connectivity index (χ3v) is 8.07. The molecule has 37 heavy (non-hydrogen) atoms. The summed E-state index contributed by atoms with van der Waals surface area (Å²) < 4.78 is 37.3. The van der Waals surface area contributed by atoms with E-state index in [1.165, 1.54) is 11.0 Å². The third-order valence-electron chi connectivity index (χ3n) is 6.68. The molecule has 0 unspecified atom stereocenters. The van der Waals surface area contributed by atoms with E-state index in [1.807, 2.05) is 6.92 Å². The van der Waals surface area contributed by atoms with Crippen LogP contribution in [0, 0.1) is 0 Å². The maximum Gasteiger partial charge on any atom is 0.244 e. The summed E-state index contributed by atoms with van der Waals surface area (Å²) in [4.78, 5) is 28.5. The van der Waals surface area contributed by atoms with Gasteiger partial charge in [0, 0.05) is 23.7 Å². The predicted molar refractivity (Wildman–Crippen MR) is 141 cm³/mol. The van der Waals surface area contributed by atoms with Crippen LogP contribution >= 0.6 is 11.6 Å². The molecule has 2 aromatic carbocycles. The molecule has 0 spiro atoms. The molecule has 0 radical (unpaired) electrons. The zero-order valence-corrected chi connectivity index (χ0v) is 22.6. The Morgan fingerprint density at radius 1 is 1.08 bits per heavy atom. The second-order valence-corrected chi connectivity index (χ2v) is 11.7. The number of benzene rings is 2. The number of anilines is 1. The SMILES string of the molecule is CC[C@@H](C(=O)NC1CCCC1)N(Cc1ccc(Cl)cc1)C(=O)CN(c1ccc2c(c1)OCO2)S(C)(=O)=O. The lowest BCUT2D eigenvalue weighted by Crippen LogP contribution is -2.53. The molecule has 1 fully saturated rings. The van der Waals surface area contributed by atoms with Crippen LogP contribution in [0.2, 0.25) is 5.02 Å². The van der Waals surface area contributed by atoms with Crippen molar-refractivity contribution in [3.05, 3.63) is 53.1 Å². The fraction of sp³-hybridized carbons (Fsp3) is 0.462. The highest BCUT2D eigenvalue weighted by molar-refractivity contribution is 7.92. The fourth-order valence-electron chi connectivity index (χ4n) is 4.73. The number of rotatable bonds is 10. The van der Waals surface area contributed by atoms with Crippen LogP contribution in [0.4, 0.5) is 5.69 Å². The van der Waals surface area contributed by atoms with Crippen molar-refractivity contribution in [3.63, 3.8) is 0 Å². The maximum atomic E-state index is 13.8. The summed E-state index contributed by atoms with van der Waals surface area (Å²) in [5.74, 6) is 0.179. The number of hydrogen-bond acceptors (Lipinski definition) is 6. The van der Waals surface area contributed by atoms with Crippen LogP contribution in [0.3, 0.4) is 0 Å². The molecule has 200 valence electrons. The minimum absolute atomic E-state index is 0.0414. The first-order chi connectivity index (χ1) is 17.7. The van der Waals surface area contributed by atoms with E-state index in [9.17, 15) is 18.0 Å². The van der Waals surface area contributed by atoms with Crippen molar-refractivity contribution in [2.24, 2.45) is 0 Å². The molecule has 1 aliphatic heterocycles. The van der Waals surface area contributed by atoms with Crippen molar-refractivity contribution in [2.75, 3.05) is 23.9 Å². The molecule has 0 saturated heterocycles. The van der Waals surface area contributed by atoms with E-state index in [2.05, 4.69) is 5.32 Å². The Morgan fingerprint density at radius 3 is 2.41 bits per heavy atom. The van der Waals surface area contributed by atoms with Gasteiger partial charge in [0.1, 0.15) is 12.6 Å². The first kappa shape index (κ1) is 27.1. The van der Waals surface area contributed by atoms with E-state index in [0.29, 0.717) is 22.9 Å². The van der Waals surface area contributed by atoms with Crippen LogP contribution in [0.1, 0.15) is 44.6 Å². The van der Waals surface area contributed by atoms with Gasteiger partial charge in [-0.3, -0.25) is 13.9 Å². The first-order valence-corrected chi connectivity index (χ1v) is 14.6. The van der Waals surface area contributed by atoms with Crippen LogP contribution in [-0.2, 0) is 26.2 Å². The van der Waals surface area contributed by atoms with Gasteiger partial charge in [0.25, 0.3) is 0 Å². The van der Waals surface area contributed by atoms with E-state index in [-0.39, 0.29) is 31.0 Å². The average Bonchev–Trinajstić information content (AvgIpc) is 3.54. The van der Waals surface area contributed by atoms with Crippen molar-refractivity contribution in [3.8, 4) is 11.5 Å². The van der Waals surface area contributed by atoms with Crippen molar-refractivity contribution >= 4 is 39.1 Å². The minimum atomic E-state index is -3.84. The van der Waals surface area contributed by atoms with Crippen LogP contribution in [0.15, 0.2) is 42.5 Å². The summed E-state index contributed by atoms with van der Waals surface area (Å²) in [6.45, 7) is 1.54. The standard InChI is InChI=1S/C26H32ClN3O6S/c1-3-22(26(32)28-20-6-4-5-7-20)29(15-18-8-10-19(27)11-9-18)25(31)16-30(37(2,33)34)21-12-13-23-24(14-21)36-17-35-23/h8-14,20,22H,3-7,15-17H2,1-2H3,(H,28,32)/t22-/m0/s1. The number of halogens is 1. The lowest BCUT2D eigenvalue weighted by Gasteiger charge is -2.33. The van der Waals surface area contributed by atoms with Crippen molar-refractivity contribution in [1.82, 2.24) is 10.2 Å². The van der Waals surface area contributed by atoms with E-state index >= 15 is 0 Å². The second kappa shape index (κ2) is 11.6. The third kappa shape index (κ3) is 6.67. The van der Waals surface area contributed by atoms with Gasteiger partial charge < -0.3 is 19.7 Å². The van der Waals surface area contributed by atoms with Crippen molar-refractivity contribution < 1.29 is 27.5 Å². The Labute approximate surface area is 222 Å². The number of fused-ring (bicyclic) bond motifs is 1. The Kier molecular flexibility index (Phi) is 8.49. The molecule has 1 N–H and O–H groups in total. The summed E-state index contributed by atoms with van der Waals surface area (Å²) in [5, 5.41) is 3.64. The van der Waals surface area contributed by atoms with Crippen LogP contribution in [0.5, 0.6) is 11.5 Å². The second-order valence-electron chi connectivity index (χ2n) is 9.37. The highest BCUT2D eigenvalue weighted by atomic mass is 35.5. The van der Waals surface area contributed by atoms with E-state index in [0.717, 1.165) is 41.8 Å². The number of nitrogens with one attached hydrogen (secondary N) is 1. The predicted octanol–water partition coefficient (Wildman–Crippen LogP) is 3.70. The fourth-order valence-corrected chi connectivity index (χ4v) is 5.70. The van der Waals surface area contributed by atoms with Crippen molar-refractivity contribution in [1.29, 1.82) is 0 Å². The number of carbonyl (C=O) groups excluding carboxylic acids is 2. The monoisotopic (exact) mass is 549 g/mol. The largest absolute Gasteiger partial charge is 0.454 e. The maximum absolute atomic E-state index is 13.8. The molecule has 1 heterocycles. The lowest BCUT2D eigenvalue weighted by molar-refractivity contribution is -0.140. The van der Waals surface area contributed by atoms with Gasteiger partial charge in [-0.05, 0) is 49.1 Å². The van der Waals surface area contributed by atoms with E-state index in [1.54, 1.807) is 36.4 Å². The number of carbonyl (C=O) groups is 2. The summed E-state index contributed by atoms with van der Waals surface area (Å²) >= 11 is 6.04. The molecule has 1 atom stereocenters. The van der Waals surface area contributed by atoms with Gasteiger partial charge in [-0.25, -0.2) is 8.42 Å². The normalized spacial score (nSPS) is 15.9. The zero-order chi connectivity index (χ0) is 26.6. The molecule has 0 aromatic heterocycles. The summed E-state index contributed by atoms with van der Waals surface area (Å²) in [6.07, 6.45) is 5.37. The molecule has 2 aromatic rings. The number of sulfonamides is 1. The molecular formula is C26H32ClN3O6S. The smallest absolute Gasteiger partial charge is 0.244 e. The molecular weight excluding hydrogens is 518 g/mol.